The Hall–Kier alpha value is -0.320. The first-order valence-corrected chi connectivity index (χ1v) is 7.17. The summed E-state index contributed by atoms with van der Waals surface area (Å²) in [5, 5.41) is 3.37. The monoisotopic (exact) mass is 361 g/mol. The number of hydrogen-bond donors (Lipinski definition) is 1. The summed E-state index contributed by atoms with van der Waals surface area (Å²) in [7, 11) is 0. The van der Waals surface area contributed by atoms with Gasteiger partial charge in [0.2, 0.25) is 0 Å². The van der Waals surface area contributed by atoms with E-state index >= 15 is 0 Å². The van der Waals surface area contributed by atoms with Gasteiger partial charge in [-0.2, -0.15) is 0 Å². The van der Waals surface area contributed by atoms with Crippen molar-refractivity contribution in [2.24, 2.45) is 0 Å². The predicted octanol–water partition coefficient (Wildman–Crippen LogP) is 4.24. The van der Waals surface area contributed by atoms with Crippen molar-refractivity contribution < 1.29 is 4.74 Å². The molecule has 0 heterocycles. The maximum absolute atomic E-state index is 5.57. The average Bonchev–Trinajstić information content (AvgIpc) is 2.30. The fraction of sp³-hybridized carbons (Fsp3) is 0.385. The molecule has 0 radical (unpaired) electrons. The number of rotatable bonds is 7. The van der Waals surface area contributed by atoms with Crippen LogP contribution in [-0.4, -0.2) is 13.2 Å². The van der Waals surface area contributed by atoms with Crippen molar-refractivity contribution in [3.05, 3.63) is 39.3 Å². The van der Waals surface area contributed by atoms with E-state index in [9.17, 15) is 0 Å². The third-order valence-corrected chi connectivity index (χ3v) is 3.16. The lowest BCUT2D eigenvalue weighted by Crippen LogP contribution is -2.14. The van der Waals surface area contributed by atoms with Crippen LogP contribution < -0.4 is 10.1 Å². The second-order valence-electron chi connectivity index (χ2n) is 3.74. The largest absolute Gasteiger partial charge is 0.488 e. The molecule has 0 aliphatic carbocycles. The van der Waals surface area contributed by atoms with Crippen LogP contribution in [0.2, 0.25) is 0 Å². The molecule has 0 saturated carbocycles. The summed E-state index contributed by atoms with van der Waals surface area (Å²) in [6.45, 7) is 8.26. The molecule has 1 N–H and O–H groups in total. The molecule has 0 aromatic heterocycles. The Balaban J connectivity index is 2.62. The first kappa shape index (κ1) is 14.7. The maximum atomic E-state index is 5.57. The average molecular weight is 363 g/mol. The summed E-state index contributed by atoms with van der Waals surface area (Å²) in [6, 6.07) is 6.00. The van der Waals surface area contributed by atoms with Gasteiger partial charge >= 0.3 is 0 Å². The van der Waals surface area contributed by atoms with E-state index in [1.54, 1.807) is 0 Å². The van der Waals surface area contributed by atoms with Crippen LogP contribution in [0.15, 0.2) is 33.7 Å². The van der Waals surface area contributed by atoms with Gasteiger partial charge < -0.3 is 10.1 Å². The summed E-state index contributed by atoms with van der Waals surface area (Å²) >= 11 is 6.82. The molecule has 0 atom stereocenters. The maximum Gasteiger partial charge on any atom is 0.120 e. The number of benzene rings is 1. The van der Waals surface area contributed by atoms with Crippen LogP contribution >= 0.6 is 31.9 Å². The smallest absolute Gasteiger partial charge is 0.120 e. The van der Waals surface area contributed by atoms with Crippen molar-refractivity contribution in [2.75, 3.05) is 13.2 Å². The number of hydrogen-bond acceptors (Lipinski definition) is 2. The highest BCUT2D eigenvalue weighted by molar-refractivity contribution is 9.11. The fourth-order valence-electron chi connectivity index (χ4n) is 1.34. The van der Waals surface area contributed by atoms with E-state index in [-0.39, 0.29) is 0 Å². The minimum Gasteiger partial charge on any atom is -0.488 e. The van der Waals surface area contributed by atoms with E-state index in [0.29, 0.717) is 6.61 Å². The van der Waals surface area contributed by atoms with Crippen LogP contribution in [0.3, 0.4) is 0 Å². The number of nitrogens with one attached hydrogen (secondary N) is 1. The third-order valence-electron chi connectivity index (χ3n) is 2.15. The van der Waals surface area contributed by atoms with Gasteiger partial charge in [0.25, 0.3) is 0 Å². The molecule has 1 rings (SSSR count). The standard InChI is InChI=1S/C13H17Br2NO/c1-3-6-16-8-11-7-12(4-5-13(11)15)17-9-10(2)14/h4-5,7,16H,2-3,6,8-9H2,1H3. The van der Waals surface area contributed by atoms with Gasteiger partial charge in [-0.1, -0.05) is 45.4 Å². The third kappa shape index (κ3) is 5.70. The zero-order valence-corrected chi connectivity index (χ0v) is 13.1. The van der Waals surface area contributed by atoms with E-state index in [4.69, 9.17) is 4.74 Å². The zero-order chi connectivity index (χ0) is 12.7. The van der Waals surface area contributed by atoms with Crippen molar-refractivity contribution >= 4 is 31.9 Å². The lowest BCUT2D eigenvalue weighted by molar-refractivity contribution is 0.360. The molecule has 0 amide bonds. The van der Waals surface area contributed by atoms with Gasteiger partial charge in [0, 0.05) is 15.5 Å². The molecule has 0 saturated heterocycles. The van der Waals surface area contributed by atoms with Gasteiger partial charge in [0.1, 0.15) is 12.4 Å². The molecule has 0 aliphatic rings. The first-order valence-electron chi connectivity index (χ1n) is 5.58. The summed E-state index contributed by atoms with van der Waals surface area (Å²) in [5.74, 6) is 0.863. The molecule has 17 heavy (non-hydrogen) atoms. The van der Waals surface area contributed by atoms with Crippen molar-refractivity contribution in [3.8, 4) is 5.75 Å². The molecule has 0 fully saturated rings. The number of ether oxygens (including phenoxy) is 1. The second-order valence-corrected chi connectivity index (χ2v) is 5.71. The molecule has 4 heteroatoms. The van der Waals surface area contributed by atoms with Gasteiger partial charge in [-0.05, 0) is 36.7 Å². The Morgan fingerprint density at radius 1 is 1.47 bits per heavy atom. The number of halogens is 2. The van der Waals surface area contributed by atoms with Gasteiger partial charge in [-0.25, -0.2) is 0 Å². The highest BCUT2D eigenvalue weighted by Gasteiger charge is 2.02. The van der Waals surface area contributed by atoms with Crippen LogP contribution in [0.4, 0.5) is 0 Å². The Kier molecular flexibility index (Phi) is 6.85. The molecule has 0 spiro atoms. The van der Waals surface area contributed by atoms with Gasteiger partial charge in [-0.3, -0.25) is 0 Å². The normalized spacial score (nSPS) is 10.3. The van der Waals surface area contributed by atoms with E-state index < -0.39 is 0 Å². The molecule has 0 aliphatic heterocycles. The second kappa shape index (κ2) is 7.90. The van der Waals surface area contributed by atoms with E-state index in [2.05, 4.69) is 50.7 Å². The molecule has 94 valence electrons. The van der Waals surface area contributed by atoms with Gasteiger partial charge in [0.15, 0.2) is 0 Å². The minimum atomic E-state index is 0.490. The summed E-state index contributed by atoms with van der Waals surface area (Å²) < 4.78 is 7.52. The molecular weight excluding hydrogens is 346 g/mol. The SMILES string of the molecule is C=C(Br)COc1ccc(Br)c(CNCCC)c1. The molecular formula is C13H17Br2NO. The molecule has 0 bridgehead atoms. The van der Waals surface area contributed by atoms with E-state index in [0.717, 1.165) is 34.2 Å². The van der Waals surface area contributed by atoms with Gasteiger partial charge in [-0.15, -0.1) is 0 Å². The Morgan fingerprint density at radius 2 is 2.24 bits per heavy atom. The highest BCUT2D eigenvalue weighted by atomic mass is 79.9. The highest BCUT2D eigenvalue weighted by Crippen LogP contribution is 2.23. The summed E-state index contributed by atoms with van der Waals surface area (Å²) in [5.41, 5.74) is 1.20. The first-order chi connectivity index (χ1) is 8.13. The minimum absolute atomic E-state index is 0.490. The van der Waals surface area contributed by atoms with Crippen molar-refractivity contribution in [2.45, 2.75) is 19.9 Å². The van der Waals surface area contributed by atoms with Crippen LogP contribution in [0.1, 0.15) is 18.9 Å². The van der Waals surface area contributed by atoms with Crippen molar-refractivity contribution in [1.29, 1.82) is 0 Å². The fourth-order valence-corrected chi connectivity index (χ4v) is 1.84. The Morgan fingerprint density at radius 3 is 2.88 bits per heavy atom. The molecule has 2 nitrogen and oxygen atoms in total. The van der Waals surface area contributed by atoms with Crippen molar-refractivity contribution in [3.63, 3.8) is 0 Å². The lowest BCUT2D eigenvalue weighted by atomic mass is 10.2. The quantitative estimate of drug-likeness (QED) is 0.732. The summed E-state index contributed by atoms with van der Waals surface area (Å²) in [4.78, 5) is 0. The van der Waals surface area contributed by atoms with Crippen molar-refractivity contribution in [1.82, 2.24) is 5.32 Å². The van der Waals surface area contributed by atoms with E-state index in [1.165, 1.54) is 5.56 Å². The predicted molar refractivity (Wildman–Crippen MR) is 79.7 cm³/mol. The van der Waals surface area contributed by atoms with Crippen LogP contribution in [0.25, 0.3) is 0 Å². The van der Waals surface area contributed by atoms with Crippen LogP contribution in [0, 0.1) is 0 Å². The summed E-state index contributed by atoms with van der Waals surface area (Å²) in [6.07, 6.45) is 1.14. The Labute approximate surface area is 120 Å². The topological polar surface area (TPSA) is 21.3 Å². The molecule has 0 unspecified atom stereocenters. The van der Waals surface area contributed by atoms with E-state index in [1.807, 2.05) is 18.2 Å². The Bertz CT molecular complexity index is 380. The zero-order valence-electron chi connectivity index (χ0n) is 9.93. The lowest BCUT2D eigenvalue weighted by Gasteiger charge is -2.10. The molecule has 1 aromatic carbocycles. The van der Waals surface area contributed by atoms with Crippen LogP contribution in [0.5, 0.6) is 5.75 Å². The van der Waals surface area contributed by atoms with Gasteiger partial charge in [0.05, 0.1) is 0 Å². The molecule has 1 aromatic rings. The van der Waals surface area contributed by atoms with Crippen LogP contribution in [-0.2, 0) is 6.54 Å².